The average Bonchev–Trinajstić information content (AvgIpc) is 3.21. The molecule has 0 aromatic carbocycles. The monoisotopic (exact) mass is 821 g/mol. The fraction of sp³-hybridized carbons (Fsp3) is 0.942. The fourth-order valence-corrected chi connectivity index (χ4v) is 7.86. The second kappa shape index (κ2) is 46.5. The Morgan fingerprint density at radius 2 is 0.569 bits per heavy atom. The zero-order chi connectivity index (χ0) is 42.4. The maximum absolute atomic E-state index is 12.8. The Hall–Kier alpha value is -1.59. The molecule has 0 bridgehead atoms. The Kier molecular flexibility index (Phi) is 45.2. The average molecular weight is 821 g/mol. The molecule has 6 heteroatoms. The number of hydrogen-bond donors (Lipinski definition) is 0. The molecule has 0 aromatic rings. The molecule has 0 rings (SSSR count). The lowest BCUT2D eigenvalue weighted by Gasteiger charge is -2.18. The van der Waals surface area contributed by atoms with E-state index in [1.54, 1.807) is 0 Å². The SMILES string of the molecule is CCCCCCCCCCCCCCCCCC(=O)O[C@@H](COC(=O)CCCCCCCCCCCCCC)COC(=O)CCCCCCCCCCCCC(C)C. The van der Waals surface area contributed by atoms with Gasteiger partial charge in [-0.25, -0.2) is 0 Å². The van der Waals surface area contributed by atoms with E-state index in [0.29, 0.717) is 19.3 Å². The van der Waals surface area contributed by atoms with Crippen LogP contribution in [0.1, 0.15) is 291 Å². The summed E-state index contributed by atoms with van der Waals surface area (Å²) in [5.41, 5.74) is 0. The van der Waals surface area contributed by atoms with Crippen molar-refractivity contribution in [2.75, 3.05) is 13.2 Å². The predicted octanol–water partition coefficient (Wildman–Crippen LogP) is 16.7. The van der Waals surface area contributed by atoms with Crippen LogP contribution in [0, 0.1) is 5.92 Å². The van der Waals surface area contributed by atoms with Gasteiger partial charge < -0.3 is 14.2 Å². The minimum absolute atomic E-state index is 0.0628. The van der Waals surface area contributed by atoms with Crippen molar-refractivity contribution < 1.29 is 28.6 Å². The zero-order valence-corrected chi connectivity index (χ0v) is 39.5. The first kappa shape index (κ1) is 56.4. The second-order valence-electron chi connectivity index (χ2n) is 18.3. The van der Waals surface area contributed by atoms with Gasteiger partial charge >= 0.3 is 17.9 Å². The fourth-order valence-electron chi connectivity index (χ4n) is 7.86. The Bertz CT molecular complexity index is 872. The molecule has 0 amide bonds. The van der Waals surface area contributed by atoms with Crippen LogP contribution in [-0.4, -0.2) is 37.2 Å². The highest BCUT2D eigenvalue weighted by Gasteiger charge is 2.19. The van der Waals surface area contributed by atoms with E-state index in [-0.39, 0.29) is 31.1 Å². The first-order valence-corrected chi connectivity index (χ1v) is 25.9. The molecule has 6 nitrogen and oxygen atoms in total. The molecule has 0 spiro atoms. The van der Waals surface area contributed by atoms with Crippen molar-refractivity contribution in [2.24, 2.45) is 5.92 Å². The van der Waals surface area contributed by atoms with Crippen LogP contribution in [0.5, 0.6) is 0 Å². The molecular formula is C52H100O6. The van der Waals surface area contributed by atoms with Crippen molar-refractivity contribution in [3.63, 3.8) is 0 Å². The third-order valence-electron chi connectivity index (χ3n) is 11.8. The number of carbonyl (C=O) groups excluding carboxylic acids is 3. The first-order chi connectivity index (χ1) is 28.4. The number of carbonyl (C=O) groups is 3. The summed E-state index contributed by atoms with van der Waals surface area (Å²) < 4.78 is 16.8. The number of unbranched alkanes of at least 4 members (excludes halogenated alkanes) is 34. The lowest BCUT2D eigenvalue weighted by atomic mass is 10.0. The molecule has 0 fully saturated rings. The van der Waals surface area contributed by atoms with E-state index >= 15 is 0 Å². The van der Waals surface area contributed by atoms with Gasteiger partial charge in [0.25, 0.3) is 0 Å². The van der Waals surface area contributed by atoms with Crippen LogP contribution in [-0.2, 0) is 28.6 Å². The van der Waals surface area contributed by atoms with Crippen LogP contribution in [0.2, 0.25) is 0 Å². The van der Waals surface area contributed by atoms with Gasteiger partial charge in [0.15, 0.2) is 6.10 Å². The molecule has 0 aliphatic rings. The molecule has 0 aliphatic carbocycles. The van der Waals surface area contributed by atoms with E-state index in [4.69, 9.17) is 14.2 Å². The summed E-state index contributed by atoms with van der Waals surface area (Å²) in [6.45, 7) is 9.01. The topological polar surface area (TPSA) is 78.9 Å². The molecule has 0 radical (unpaired) electrons. The standard InChI is InChI=1S/C52H100O6/c1-5-7-9-11-13-15-17-19-20-21-23-29-33-37-41-45-52(55)58-49(46-56-50(53)43-39-35-31-27-22-18-16-14-12-10-8-6-2)47-57-51(54)44-40-36-32-28-25-24-26-30-34-38-42-48(3)4/h48-49H,5-47H2,1-4H3/t49-/m0/s1. The number of hydrogen-bond acceptors (Lipinski definition) is 6. The van der Waals surface area contributed by atoms with Gasteiger partial charge in [0.2, 0.25) is 0 Å². The summed E-state index contributed by atoms with van der Waals surface area (Å²) in [5.74, 6) is -0.0259. The van der Waals surface area contributed by atoms with Crippen LogP contribution in [0.15, 0.2) is 0 Å². The Morgan fingerprint density at radius 1 is 0.328 bits per heavy atom. The molecule has 0 N–H and O–H groups in total. The Balaban J connectivity index is 4.31. The zero-order valence-electron chi connectivity index (χ0n) is 39.5. The summed E-state index contributed by atoms with van der Waals surface area (Å²) in [7, 11) is 0. The molecule has 1 atom stereocenters. The van der Waals surface area contributed by atoms with Gasteiger partial charge in [0, 0.05) is 19.3 Å². The third kappa shape index (κ3) is 45.5. The van der Waals surface area contributed by atoms with E-state index in [1.165, 1.54) is 186 Å². The third-order valence-corrected chi connectivity index (χ3v) is 11.8. The number of ether oxygens (including phenoxy) is 3. The molecule has 0 heterocycles. The Morgan fingerprint density at radius 3 is 0.845 bits per heavy atom. The van der Waals surface area contributed by atoms with Crippen molar-refractivity contribution in [3.05, 3.63) is 0 Å². The van der Waals surface area contributed by atoms with Crippen molar-refractivity contribution in [3.8, 4) is 0 Å². The lowest BCUT2D eigenvalue weighted by Crippen LogP contribution is -2.30. The van der Waals surface area contributed by atoms with Crippen LogP contribution >= 0.6 is 0 Å². The molecule has 0 aromatic heterocycles. The Labute approximate surface area is 361 Å². The van der Waals surface area contributed by atoms with Crippen molar-refractivity contribution in [1.82, 2.24) is 0 Å². The second-order valence-corrected chi connectivity index (χ2v) is 18.3. The van der Waals surface area contributed by atoms with Gasteiger partial charge in [0.1, 0.15) is 13.2 Å². The number of esters is 3. The van der Waals surface area contributed by atoms with Crippen LogP contribution in [0.4, 0.5) is 0 Å². The van der Waals surface area contributed by atoms with Gasteiger partial charge in [-0.3, -0.25) is 14.4 Å². The minimum atomic E-state index is -0.760. The quantitative estimate of drug-likeness (QED) is 0.0346. The van der Waals surface area contributed by atoms with Gasteiger partial charge in [-0.2, -0.15) is 0 Å². The highest BCUT2D eigenvalue weighted by atomic mass is 16.6. The van der Waals surface area contributed by atoms with Crippen molar-refractivity contribution in [1.29, 1.82) is 0 Å². The predicted molar refractivity (Wildman–Crippen MR) is 247 cm³/mol. The molecule has 0 saturated carbocycles. The van der Waals surface area contributed by atoms with E-state index in [9.17, 15) is 14.4 Å². The van der Waals surface area contributed by atoms with Crippen LogP contribution in [0.25, 0.3) is 0 Å². The van der Waals surface area contributed by atoms with Gasteiger partial charge in [-0.1, -0.05) is 252 Å². The highest BCUT2D eigenvalue weighted by Crippen LogP contribution is 2.17. The van der Waals surface area contributed by atoms with Crippen molar-refractivity contribution in [2.45, 2.75) is 297 Å². The molecule has 0 unspecified atom stereocenters. The molecule has 0 aliphatic heterocycles. The van der Waals surface area contributed by atoms with Crippen LogP contribution in [0.3, 0.4) is 0 Å². The summed E-state index contributed by atoms with van der Waals surface area (Å²) >= 11 is 0. The van der Waals surface area contributed by atoms with Gasteiger partial charge in [0.05, 0.1) is 0 Å². The highest BCUT2D eigenvalue weighted by molar-refractivity contribution is 5.71. The largest absolute Gasteiger partial charge is 0.462 e. The summed E-state index contributed by atoms with van der Waals surface area (Å²) in [6.07, 6.45) is 48.0. The normalized spacial score (nSPS) is 11.9. The van der Waals surface area contributed by atoms with Crippen LogP contribution < -0.4 is 0 Å². The van der Waals surface area contributed by atoms with E-state index in [0.717, 1.165) is 63.7 Å². The maximum atomic E-state index is 12.8. The van der Waals surface area contributed by atoms with Crippen molar-refractivity contribution >= 4 is 17.9 Å². The lowest BCUT2D eigenvalue weighted by molar-refractivity contribution is -0.167. The first-order valence-electron chi connectivity index (χ1n) is 25.9. The van der Waals surface area contributed by atoms with E-state index in [2.05, 4.69) is 27.7 Å². The summed E-state index contributed by atoms with van der Waals surface area (Å²) in [6, 6.07) is 0. The van der Waals surface area contributed by atoms with E-state index in [1.807, 2.05) is 0 Å². The molecule has 0 saturated heterocycles. The smallest absolute Gasteiger partial charge is 0.306 e. The molecular weight excluding hydrogens is 721 g/mol. The van der Waals surface area contributed by atoms with E-state index < -0.39 is 6.10 Å². The molecule has 344 valence electrons. The maximum Gasteiger partial charge on any atom is 0.306 e. The molecule has 58 heavy (non-hydrogen) atoms. The summed E-state index contributed by atoms with van der Waals surface area (Å²) in [4.78, 5) is 37.9. The van der Waals surface area contributed by atoms with Gasteiger partial charge in [-0.15, -0.1) is 0 Å². The van der Waals surface area contributed by atoms with Gasteiger partial charge in [-0.05, 0) is 25.2 Å². The summed E-state index contributed by atoms with van der Waals surface area (Å²) in [5, 5.41) is 0. The number of rotatable bonds is 47. The minimum Gasteiger partial charge on any atom is -0.462 e.